The summed E-state index contributed by atoms with van der Waals surface area (Å²) >= 11 is 0. The summed E-state index contributed by atoms with van der Waals surface area (Å²) in [4.78, 5) is 26.6. The zero-order valence-electron chi connectivity index (χ0n) is 19.2. The number of aromatic nitrogens is 4. The van der Waals surface area contributed by atoms with E-state index in [-0.39, 0.29) is 5.41 Å². The second-order valence-corrected chi connectivity index (χ2v) is 8.04. The van der Waals surface area contributed by atoms with Crippen LogP contribution in [0.3, 0.4) is 0 Å². The van der Waals surface area contributed by atoms with Gasteiger partial charge in [0.05, 0.1) is 22.6 Å². The van der Waals surface area contributed by atoms with Crippen LogP contribution in [0.4, 0.5) is 0 Å². The van der Waals surface area contributed by atoms with E-state index in [4.69, 9.17) is 24.8 Å². The molecule has 0 atom stereocenters. The van der Waals surface area contributed by atoms with E-state index in [1.165, 1.54) is 11.1 Å². The Morgan fingerprint density at radius 3 is 2.09 bits per heavy atom. The summed E-state index contributed by atoms with van der Waals surface area (Å²) in [5.41, 5.74) is 5.69. The Balaban J connectivity index is 0.000000355. The molecule has 178 valence electrons. The Labute approximate surface area is 197 Å². The van der Waals surface area contributed by atoms with Gasteiger partial charge in [-0.05, 0) is 49.2 Å². The lowest BCUT2D eigenvalue weighted by Gasteiger charge is -2.36. The topological polar surface area (TPSA) is 144 Å². The molecule has 0 spiro atoms. The molecule has 1 aliphatic rings. The molecule has 0 bridgehead atoms. The number of nitrogens with zero attached hydrogens (tertiary/aromatic N) is 2. The number of hydrogen-bond acceptors (Lipinski definition) is 5. The number of carboxylic acid groups (broad SMARTS) is 2. The molecule has 0 unspecified atom stereocenters. The standard InChI is InChI=1S/C21H21N5.2C2H4O2/c1-2-4-19-18(3-1)25-20(26-19)21(9-11-22-12-10-21)17-7-5-15(6-8-17)16-13-23-24-14-16;2*1-2(3)4/h1-8,13-14,22H,9-12H2,(H,23,24)(H,25,26);2*1H3,(H,3,4). The quantitative estimate of drug-likeness (QED) is 0.311. The van der Waals surface area contributed by atoms with E-state index >= 15 is 0 Å². The fourth-order valence-electron chi connectivity index (χ4n) is 4.09. The highest BCUT2D eigenvalue weighted by Gasteiger charge is 2.38. The molecule has 1 saturated heterocycles. The molecule has 1 fully saturated rings. The van der Waals surface area contributed by atoms with Gasteiger partial charge in [-0.2, -0.15) is 5.10 Å². The summed E-state index contributed by atoms with van der Waals surface area (Å²) in [7, 11) is 0. The lowest BCUT2D eigenvalue weighted by Crippen LogP contribution is -2.41. The maximum absolute atomic E-state index is 9.00. The maximum atomic E-state index is 9.00. The van der Waals surface area contributed by atoms with Gasteiger partial charge in [0.2, 0.25) is 0 Å². The van der Waals surface area contributed by atoms with Crippen LogP contribution >= 0.6 is 0 Å². The second kappa shape index (κ2) is 11.2. The highest BCUT2D eigenvalue weighted by atomic mass is 16.4. The van der Waals surface area contributed by atoms with E-state index in [9.17, 15) is 0 Å². The van der Waals surface area contributed by atoms with Gasteiger partial charge >= 0.3 is 0 Å². The summed E-state index contributed by atoms with van der Waals surface area (Å²) in [5.74, 6) is -0.587. The number of imidazole rings is 1. The van der Waals surface area contributed by atoms with E-state index in [2.05, 4.69) is 63.0 Å². The first kappa shape index (κ1) is 24.7. The smallest absolute Gasteiger partial charge is 0.300 e. The molecule has 0 radical (unpaired) electrons. The number of hydrogen-bond donors (Lipinski definition) is 5. The van der Waals surface area contributed by atoms with Gasteiger partial charge in [0.15, 0.2) is 0 Å². The fraction of sp³-hybridized carbons (Fsp3) is 0.280. The van der Waals surface area contributed by atoms with Gasteiger partial charge in [-0.25, -0.2) is 4.98 Å². The SMILES string of the molecule is CC(=O)O.CC(=O)O.c1ccc2[nH]c(C3(c4ccc(-c5cn[nH]c5)cc4)CCNCC3)nc2c1. The van der Waals surface area contributed by atoms with E-state index in [0.29, 0.717) is 0 Å². The third kappa shape index (κ3) is 6.08. The van der Waals surface area contributed by atoms with Crippen molar-refractivity contribution in [2.45, 2.75) is 32.1 Å². The number of rotatable bonds is 3. The van der Waals surface area contributed by atoms with Gasteiger partial charge in [0, 0.05) is 25.6 Å². The first-order valence-corrected chi connectivity index (χ1v) is 11.0. The maximum Gasteiger partial charge on any atom is 0.300 e. The van der Waals surface area contributed by atoms with Crippen molar-refractivity contribution in [3.05, 3.63) is 72.3 Å². The van der Waals surface area contributed by atoms with Crippen molar-refractivity contribution in [2.75, 3.05) is 13.1 Å². The molecule has 0 saturated carbocycles. The zero-order valence-corrected chi connectivity index (χ0v) is 19.2. The van der Waals surface area contributed by atoms with Crippen LogP contribution in [0.5, 0.6) is 0 Å². The molecule has 0 aliphatic carbocycles. The number of carbonyl (C=O) groups is 2. The van der Waals surface area contributed by atoms with E-state index in [1.54, 1.807) is 0 Å². The van der Waals surface area contributed by atoms with Crippen molar-refractivity contribution >= 4 is 23.0 Å². The molecule has 2 aromatic heterocycles. The number of aliphatic carboxylic acids is 2. The third-order valence-electron chi connectivity index (χ3n) is 5.57. The van der Waals surface area contributed by atoms with Crippen LogP contribution in [-0.2, 0) is 15.0 Å². The Morgan fingerprint density at radius 1 is 0.912 bits per heavy atom. The average molecular weight is 464 g/mol. The monoisotopic (exact) mass is 463 g/mol. The van der Waals surface area contributed by atoms with E-state index in [1.807, 2.05) is 18.5 Å². The number of aromatic amines is 2. The Morgan fingerprint density at radius 2 is 1.53 bits per heavy atom. The molecule has 1 aliphatic heterocycles. The average Bonchev–Trinajstić information content (AvgIpc) is 3.49. The molecule has 5 rings (SSSR count). The Kier molecular flexibility index (Phi) is 8.15. The zero-order chi connectivity index (χ0) is 24.6. The number of carboxylic acids is 2. The Bertz CT molecular complexity index is 1160. The van der Waals surface area contributed by atoms with Crippen molar-refractivity contribution in [1.82, 2.24) is 25.5 Å². The molecule has 5 N–H and O–H groups in total. The molecular weight excluding hydrogens is 434 g/mol. The highest BCUT2D eigenvalue weighted by molar-refractivity contribution is 5.75. The summed E-state index contributed by atoms with van der Waals surface area (Å²) in [5, 5.41) is 25.3. The van der Waals surface area contributed by atoms with Crippen LogP contribution in [0.1, 0.15) is 38.1 Å². The predicted molar refractivity (Wildman–Crippen MR) is 130 cm³/mol. The van der Waals surface area contributed by atoms with E-state index < -0.39 is 11.9 Å². The van der Waals surface area contributed by atoms with Crippen molar-refractivity contribution in [3.8, 4) is 11.1 Å². The lowest BCUT2D eigenvalue weighted by molar-refractivity contribution is -0.135. The van der Waals surface area contributed by atoms with Crippen LogP contribution < -0.4 is 5.32 Å². The number of H-pyrrole nitrogens is 2. The summed E-state index contributed by atoms with van der Waals surface area (Å²) in [6.07, 6.45) is 5.86. The number of nitrogens with one attached hydrogen (secondary N) is 3. The molecule has 3 heterocycles. The van der Waals surface area contributed by atoms with Crippen LogP contribution in [-0.4, -0.2) is 55.4 Å². The van der Waals surface area contributed by atoms with Gasteiger partial charge < -0.3 is 20.5 Å². The van der Waals surface area contributed by atoms with Crippen molar-refractivity contribution in [1.29, 1.82) is 0 Å². The molecule has 34 heavy (non-hydrogen) atoms. The van der Waals surface area contributed by atoms with Gasteiger partial charge in [0.1, 0.15) is 5.82 Å². The first-order valence-electron chi connectivity index (χ1n) is 11.0. The van der Waals surface area contributed by atoms with Crippen molar-refractivity contribution in [3.63, 3.8) is 0 Å². The van der Waals surface area contributed by atoms with Crippen LogP contribution in [0.15, 0.2) is 60.9 Å². The molecule has 4 aromatic rings. The number of fused-ring (bicyclic) bond motifs is 1. The summed E-state index contributed by atoms with van der Waals surface area (Å²) < 4.78 is 0. The van der Waals surface area contributed by atoms with Gasteiger partial charge in [0.25, 0.3) is 11.9 Å². The molecule has 2 aromatic carbocycles. The minimum atomic E-state index is -0.833. The number of benzene rings is 2. The number of para-hydroxylation sites is 2. The normalized spacial score (nSPS) is 14.3. The van der Waals surface area contributed by atoms with Gasteiger partial charge in [-0.1, -0.05) is 36.4 Å². The molecular formula is C25H29N5O4. The molecule has 0 amide bonds. The summed E-state index contributed by atoms with van der Waals surface area (Å²) in [6, 6.07) is 17.1. The van der Waals surface area contributed by atoms with Crippen LogP contribution in [0.25, 0.3) is 22.2 Å². The predicted octanol–water partition coefficient (Wildman–Crippen LogP) is 3.80. The fourth-order valence-corrected chi connectivity index (χ4v) is 4.09. The largest absolute Gasteiger partial charge is 0.481 e. The summed E-state index contributed by atoms with van der Waals surface area (Å²) in [6.45, 7) is 4.17. The van der Waals surface area contributed by atoms with Crippen LogP contribution in [0, 0.1) is 0 Å². The highest BCUT2D eigenvalue weighted by Crippen LogP contribution is 2.40. The van der Waals surface area contributed by atoms with Crippen molar-refractivity contribution < 1.29 is 19.8 Å². The lowest BCUT2D eigenvalue weighted by atomic mass is 9.72. The minimum Gasteiger partial charge on any atom is -0.481 e. The van der Waals surface area contributed by atoms with E-state index in [0.717, 1.165) is 62.2 Å². The number of piperidine rings is 1. The van der Waals surface area contributed by atoms with Crippen LogP contribution in [0.2, 0.25) is 0 Å². The third-order valence-corrected chi connectivity index (χ3v) is 5.57. The van der Waals surface area contributed by atoms with Gasteiger partial charge in [-0.15, -0.1) is 0 Å². The molecule has 9 nitrogen and oxygen atoms in total. The van der Waals surface area contributed by atoms with Gasteiger partial charge in [-0.3, -0.25) is 14.7 Å². The first-order chi connectivity index (χ1) is 16.3. The molecule has 9 heteroatoms. The minimum absolute atomic E-state index is 0.0702. The Hall–Kier alpha value is -3.98. The second-order valence-electron chi connectivity index (χ2n) is 8.04. The van der Waals surface area contributed by atoms with Crippen molar-refractivity contribution in [2.24, 2.45) is 0 Å².